The van der Waals surface area contributed by atoms with Crippen molar-refractivity contribution in [3.05, 3.63) is 34.4 Å². The fourth-order valence-electron chi connectivity index (χ4n) is 3.08. The maximum atomic E-state index is 12.3. The van der Waals surface area contributed by atoms with Crippen LogP contribution in [0.15, 0.2) is 17.3 Å². The Morgan fingerprint density at radius 1 is 1.20 bits per heavy atom. The van der Waals surface area contributed by atoms with Crippen LogP contribution in [0.5, 0.6) is 0 Å². The first kappa shape index (κ1) is 19.5. The van der Waals surface area contributed by atoms with Crippen LogP contribution in [0.1, 0.15) is 70.2 Å². The third kappa shape index (κ3) is 4.05. The highest BCUT2D eigenvalue weighted by molar-refractivity contribution is 6.01. The summed E-state index contributed by atoms with van der Waals surface area (Å²) in [5.41, 5.74) is 4.24. The first-order chi connectivity index (χ1) is 11.2. The molecule has 0 aromatic heterocycles. The van der Waals surface area contributed by atoms with Crippen LogP contribution in [-0.4, -0.2) is 17.9 Å². The molecule has 138 valence electrons. The summed E-state index contributed by atoms with van der Waals surface area (Å²) in [6, 6.07) is 4.13. The van der Waals surface area contributed by atoms with Gasteiger partial charge in [-0.05, 0) is 53.4 Å². The Balaban J connectivity index is 2.50. The number of oxime groups is 1. The number of rotatable bonds is 2. The SMILES string of the molecule is C/C(=N\OC(=O)C(F)(F)F)c1cc(C(C)(C)C)cc2c1CCC2(C)C. The molecule has 6 heteroatoms. The summed E-state index contributed by atoms with van der Waals surface area (Å²) in [7, 11) is 0. The Labute approximate surface area is 146 Å². The summed E-state index contributed by atoms with van der Waals surface area (Å²) >= 11 is 0. The molecule has 0 atom stereocenters. The van der Waals surface area contributed by atoms with E-state index in [1.54, 1.807) is 6.92 Å². The maximum absolute atomic E-state index is 12.3. The number of fused-ring (bicyclic) bond motifs is 1. The first-order valence-electron chi connectivity index (χ1n) is 8.24. The van der Waals surface area contributed by atoms with E-state index in [2.05, 4.69) is 50.7 Å². The van der Waals surface area contributed by atoms with E-state index in [4.69, 9.17) is 0 Å². The lowest BCUT2D eigenvalue weighted by molar-refractivity contribution is -0.199. The molecule has 0 spiro atoms. The summed E-state index contributed by atoms with van der Waals surface area (Å²) in [5, 5.41) is 3.46. The zero-order chi connectivity index (χ0) is 19.2. The topological polar surface area (TPSA) is 38.7 Å². The molecule has 1 aromatic carbocycles. The number of benzene rings is 1. The van der Waals surface area contributed by atoms with Gasteiger partial charge < -0.3 is 4.84 Å². The van der Waals surface area contributed by atoms with Gasteiger partial charge in [-0.15, -0.1) is 0 Å². The smallest absolute Gasteiger partial charge is 0.309 e. The second-order valence-electron chi connectivity index (χ2n) is 8.24. The van der Waals surface area contributed by atoms with Gasteiger partial charge in [-0.1, -0.05) is 45.8 Å². The van der Waals surface area contributed by atoms with Crippen LogP contribution in [0.2, 0.25) is 0 Å². The molecule has 0 radical (unpaired) electrons. The molecule has 1 aliphatic carbocycles. The Morgan fingerprint density at radius 3 is 2.32 bits per heavy atom. The van der Waals surface area contributed by atoms with Gasteiger partial charge in [0.2, 0.25) is 0 Å². The van der Waals surface area contributed by atoms with E-state index >= 15 is 0 Å². The summed E-state index contributed by atoms with van der Waals surface area (Å²) in [5.74, 6) is -2.31. The maximum Gasteiger partial charge on any atom is 0.493 e. The van der Waals surface area contributed by atoms with Crippen LogP contribution < -0.4 is 0 Å². The van der Waals surface area contributed by atoms with Crippen molar-refractivity contribution >= 4 is 11.7 Å². The number of hydrogen-bond donors (Lipinski definition) is 0. The van der Waals surface area contributed by atoms with Gasteiger partial charge in [0.05, 0.1) is 5.71 Å². The Morgan fingerprint density at radius 2 is 1.80 bits per heavy atom. The highest BCUT2D eigenvalue weighted by Crippen LogP contribution is 2.42. The van der Waals surface area contributed by atoms with Gasteiger partial charge in [0.25, 0.3) is 0 Å². The summed E-state index contributed by atoms with van der Waals surface area (Å²) in [6.07, 6.45) is -3.28. The Bertz CT molecular complexity index is 725. The van der Waals surface area contributed by atoms with Gasteiger partial charge in [0, 0.05) is 5.56 Å². The molecule has 0 unspecified atom stereocenters. The summed E-state index contributed by atoms with van der Waals surface area (Å²) in [6.45, 7) is 12.1. The van der Waals surface area contributed by atoms with Gasteiger partial charge in [0.15, 0.2) is 0 Å². The van der Waals surface area contributed by atoms with Crippen LogP contribution in [0.25, 0.3) is 0 Å². The Hall–Kier alpha value is -1.85. The van der Waals surface area contributed by atoms with Crippen molar-refractivity contribution in [2.75, 3.05) is 0 Å². The van der Waals surface area contributed by atoms with Crippen molar-refractivity contribution in [1.82, 2.24) is 0 Å². The average molecular weight is 355 g/mol. The molecule has 0 fully saturated rings. The number of carbonyl (C=O) groups excluding carboxylic acids is 1. The van der Waals surface area contributed by atoms with Crippen LogP contribution in [0.3, 0.4) is 0 Å². The molecule has 0 amide bonds. The molecule has 1 aromatic rings. The fraction of sp³-hybridized carbons (Fsp3) is 0.579. The zero-order valence-corrected chi connectivity index (χ0v) is 15.5. The molecule has 3 nitrogen and oxygen atoms in total. The lowest BCUT2D eigenvalue weighted by atomic mass is 9.79. The van der Waals surface area contributed by atoms with E-state index in [9.17, 15) is 18.0 Å². The van der Waals surface area contributed by atoms with Gasteiger partial charge in [-0.25, -0.2) is 4.79 Å². The van der Waals surface area contributed by atoms with Crippen molar-refractivity contribution < 1.29 is 22.8 Å². The zero-order valence-electron chi connectivity index (χ0n) is 15.5. The van der Waals surface area contributed by atoms with E-state index in [1.165, 1.54) is 5.56 Å². The molecule has 0 bridgehead atoms. The summed E-state index contributed by atoms with van der Waals surface area (Å²) < 4.78 is 36.9. The highest BCUT2D eigenvalue weighted by Gasteiger charge is 2.42. The largest absolute Gasteiger partial charge is 0.493 e. The van der Waals surface area contributed by atoms with Crippen LogP contribution in [0, 0.1) is 0 Å². The minimum absolute atomic E-state index is 0.00568. The first-order valence-corrected chi connectivity index (χ1v) is 8.24. The molecule has 0 aliphatic heterocycles. The predicted octanol–water partition coefficient (Wildman–Crippen LogP) is 5.04. The van der Waals surface area contributed by atoms with E-state index in [1.807, 2.05) is 6.07 Å². The number of halogens is 3. The van der Waals surface area contributed by atoms with E-state index in [0.29, 0.717) is 0 Å². The molecule has 0 heterocycles. The lowest BCUT2D eigenvalue weighted by Crippen LogP contribution is -2.24. The lowest BCUT2D eigenvalue weighted by Gasteiger charge is -2.26. The second kappa shape index (κ2) is 6.15. The number of hydrogen-bond acceptors (Lipinski definition) is 3. The normalized spacial score (nSPS) is 17.4. The molecular weight excluding hydrogens is 331 g/mol. The van der Waals surface area contributed by atoms with Gasteiger partial charge in [-0.2, -0.15) is 13.2 Å². The molecule has 0 saturated heterocycles. The fourth-order valence-corrected chi connectivity index (χ4v) is 3.08. The number of carbonyl (C=O) groups is 1. The molecule has 1 aliphatic rings. The molecular formula is C19H24F3NO2. The van der Waals surface area contributed by atoms with Gasteiger partial charge in [0.1, 0.15) is 0 Å². The summed E-state index contributed by atoms with van der Waals surface area (Å²) in [4.78, 5) is 15.0. The number of alkyl halides is 3. The van der Waals surface area contributed by atoms with Crippen molar-refractivity contribution in [2.45, 2.75) is 71.4 Å². The predicted molar refractivity (Wildman–Crippen MR) is 90.8 cm³/mol. The van der Waals surface area contributed by atoms with Crippen molar-refractivity contribution in [3.8, 4) is 0 Å². The molecule has 25 heavy (non-hydrogen) atoms. The minimum atomic E-state index is -5.05. The minimum Gasteiger partial charge on any atom is -0.309 e. The van der Waals surface area contributed by atoms with Crippen molar-refractivity contribution in [1.29, 1.82) is 0 Å². The monoisotopic (exact) mass is 355 g/mol. The average Bonchev–Trinajstić information content (AvgIpc) is 2.77. The van der Waals surface area contributed by atoms with E-state index in [0.717, 1.165) is 29.5 Å². The highest BCUT2D eigenvalue weighted by atomic mass is 19.4. The van der Waals surface area contributed by atoms with Gasteiger partial charge >= 0.3 is 12.1 Å². The molecule has 2 rings (SSSR count). The van der Waals surface area contributed by atoms with Crippen LogP contribution in [-0.2, 0) is 26.9 Å². The van der Waals surface area contributed by atoms with E-state index in [-0.39, 0.29) is 16.5 Å². The van der Waals surface area contributed by atoms with Crippen molar-refractivity contribution in [2.24, 2.45) is 5.16 Å². The third-order valence-electron chi connectivity index (χ3n) is 4.73. The molecule has 0 N–H and O–H groups in total. The number of nitrogens with zero attached hydrogens (tertiary/aromatic N) is 1. The standard InChI is InChI=1S/C19H24F3NO2/c1-11(23-25-16(24)19(20,21)22)14-9-12(17(2,3)4)10-15-13(14)7-8-18(15,5)6/h9-10H,7-8H2,1-6H3/b23-11+. The van der Waals surface area contributed by atoms with Crippen molar-refractivity contribution in [3.63, 3.8) is 0 Å². The van der Waals surface area contributed by atoms with E-state index < -0.39 is 12.1 Å². The third-order valence-corrected chi connectivity index (χ3v) is 4.73. The quantitative estimate of drug-likeness (QED) is 0.424. The van der Waals surface area contributed by atoms with Crippen LogP contribution >= 0.6 is 0 Å². The second-order valence-corrected chi connectivity index (χ2v) is 8.24. The van der Waals surface area contributed by atoms with Gasteiger partial charge in [-0.3, -0.25) is 0 Å². The molecule has 0 saturated carbocycles. The van der Waals surface area contributed by atoms with Crippen LogP contribution in [0.4, 0.5) is 13.2 Å². The Kier molecular flexibility index (Phi) is 4.79.